The van der Waals surface area contributed by atoms with Gasteiger partial charge in [0.05, 0.1) is 17.1 Å². The maximum Gasteiger partial charge on any atom is 0.244 e. The lowest BCUT2D eigenvalue weighted by Gasteiger charge is -2.34. The fourth-order valence-electron chi connectivity index (χ4n) is 2.08. The molecule has 1 aliphatic heterocycles. The second kappa shape index (κ2) is 5.26. The number of sulfonamides is 1. The van der Waals surface area contributed by atoms with Crippen molar-refractivity contribution in [3.05, 3.63) is 16.3 Å². The van der Waals surface area contributed by atoms with E-state index in [2.05, 4.69) is 0 Å². The second-order valence-corrected chi connectivity index (χ2v) is 7.47. The molecule has 7 heteroatoms. The van der Waals surface area contributed by atoms with Crippen LogP contribution >= 0.6 is 11.3 Å². The number of thiophene rings is 1. The minimum atomic E-state index is -3.41. The highest BCUT2D eigenvalue weighted by Crippen LogP contribution is 2.25. The summed E-state index contributed by atoms with van der Waals surface area (Å²) in [6.07, 6.45) is -0.146. The molecule has 0 unspecified atom stereocenters. The normalized spacial score (nSPS) is 26.4. The molecule has 1 aromatic heterocycles. The molecule has 2 rings (SSSR count). The quantitative estimate of drug-likeness (QED) is 0.901. The molecule has 1 aliphatic rings. The van der Waals surface area contributed by atoms with Crippen molar-refractivity contribution in [3.63, 3.8) is 0 Å². The van der Waals surface area contributed by atoms with E-state index in [1.165, 1.54) is 15.6 Å². The summed E-state index contributed by atoms with van der Waals surface area (Å²) in [5.41, 5.74) is 5.51. The van der Waals surface area contributed by atoms with E-state index in [1.807, 2.05) is 13.8 Å². The van der Waals surface area contributed by atoms with Crippen molar-refractivity contribution >= 4 is 21.4 Å². The summed E-state index contributed by atoms with van der Waals surface area (Å²) >= 11 is 1.38. The van der Waals surface area contributed by atoms with Crippen LogP contribution in [0.25, 0.3) is 0 Å². The number of nitrogens with two attached hydrogens (primary N) is 1. The molecule has 0 saturated carbocycles. The van der Waals surface area contributed by atoms with E-state index in [1.54, 1.807) is 11.4 Å². The number of rotatable bonds is 3. The molecule has 2 N–H and O–H groups in total. The van der Waals surface area contributed by atoms with Gasteiger partial charge in [0.15, 0.2) is 0 Å². The molecular formula is C11H18N2O3S2. The van der Waals surface area contributed by atoms with Gasteiger partial charge in [0.1, 0.15) is 0 Å². The van der Waals surface area contributed by atoms with Gasteiger partial charge < -0.3 is 10.5 Å². The van der Waals surface area contributed by atoms with Crippen LogP contribution in [0.15, 0.2) is 16.3 Å². The molecule has 2 atom stereocenters. The van der Waals surface area contributed by atoms with Crippen LogP contribution in [0.2, 0.25) is 0 Å². The molecule has 1 fully saturated rings. The Bertz CT molecular complexity index is 502. The smallest absolute Gasteiger partial charge is 0.244 e. The van der Waals surface area contributed by atoms with Gasteiger partial charge in [0, 0.05) is 29.9 Å². The van der Waals surface area contributed by atoms with Gasteiger partial charge in [-0.15, -0.1) is 11.3 Å². The van der Waals surface area contributed by atoms with Gasteiger partial charge in [-0.05, 0) is 19.9 Å². The topological polar surface area (TPSA) is 72.6 Å². The summed E-state index contributed by atoms with van der Waals surface area (Å²) in [5, 5.41) is 1.66. The molecule has 1 saturated heterocycles. The summed E-state index contributed by atoms with van der Waals surface area (Å²) in [5.74, 6) is 0. The fraction of sp³-hybridized carbons (Fsp3) is 0.636. The van der Waals surface area contributed by atoms with Gasteiger partial charge >= 0.3 is 0 Å². The zero-order chi connectivity index (χ0) is 13.3. The van der Waals surface area contributed by atoms with E-state index >= 15 is 0 Å². The van der Waals surface area contributed by atoms with Gasteiger partial charge in [0.25, 0.3) is 0 Å². The Labute approximate surface area is 112 Å². The molecule has 0 aliphatic carbocycles. The maximum absolute atomic E-state index is 12.4. The monoisotopic (exact) mass is 290 g/mol. The lowest BCUT2D eigenvalue weighted by atomic mass is 10.3. The molecular weight excluding hydrogens is 272 g/mol. The number of hydrogen-bond donors (Lipinski definition) is 1. The van der Waals surface area contributed by atoms with Crippen molar-refractivity contribution in [2.45, 2.75) is 37.5 Å². The third-order valence-corrected chi connectivity index (χ3v) is 5.77. The fourth-order valence-corrected chi connectivity index (χ4v) is 4.81. The van der Waals surface area contributed by atoms with E-state index in [0.717, 1.165) is 4.88 Å². The van der Waals surface area contributed by atoms with Gasteiger partial charge in [-0.2, -0.15) is 4.31 Å². The van der Waals surface area contributed by atoms with Crippen LogP contribution in [-0.4, -0.2) is 38.0 Å². The van der Waals surface area contributed by atoms with Crippen LogP contribution in [0.5, 0.6) is 0 Å². The van der Waals surface area contributed by atoms with Crippen LogP contribution in [0, 0.1) is 0 Å². The third-order valence-electron chi connectivity index (χ3n) is 2.85. The van der Waals surface area contributed by atoms with Crippen molar-refractivity contribution in [1.29, 1.82) is 0 Å². The first-order chi connectivity index (χ1) is 8.43. The maximum atomic E-state index is 12.4. The van der Waals surface area contributed by atoms with E-state index in [0.29, 0.717) is 24.5 Å². The number of hydrogen-bond acceptors (Lipinski definition) is 5. The lowest BCUT2D eigenvalue weighted by molar-refractivity contribution is -0.0440. The third kappa shape index (κ3) is 2.75. The highest BCUT2D eigenvalue weighted by molar-refractivity contribution is 7.89. The molecule has 0 bridgehead atoms. The van der Waals surface area contributed by atoms with Gasteiger partial charge in [-0.3, -0.25) is 0 Å². The van der Waals surface area contributed by atoms with E-state index in [4.69, 9.17) is 10.5 Å². The highest BCUT2D eigenvalue weighted by atomic mass is 32.2. The Morgan fingerprint density at radius 1 is 1.44 bits per heavy atom. The van der Waals surface area contributed by atoms with Crippen LogP contribution in [0.3, 0.4) is 0 Å². The Morgan fingerprint density at radius 3 is 2.56 bits per heavy atom. The number of nitrogens with zero attached hydrogens (tertiary/aromatic N) is 1. The Kier molecular flexibility index (Phi) is 4.08. The molecule has 5 nitrogen and oxygen atoms in total. The summed E-state index contributed by atoms with van der Waals surface area (Å²) in [7, 11) is -3.41. The Hall–Kier alpha value is -0.470. The zero-order valence-electron chi connectivity index (χ0n) is 10.5. The van der Waals surface area contributed by atoms with Crippen molar-refractivity contribution in [2.24, 2.45) is 5.73 Å². The summed E-state index contributed by atoms with van der Waals surface area (Å²) < 4.78 is 31.9. The summed E-state index contributed by atoms with van der Waals surface area (Å²) in [6, 6.07) is 1.66. The average Bonchev–Trinajstić information content (AvgIpc) is 2.76. The largest absolute Gasteiger partial charge is 0.373 e. The molecule has 0 amide bonds. The van der Waals surface area contributed by atoms with Gasteiger partial charge in [-0.1, -0.05) is 0 Å². The summed E-state index contributed by atoms with van der Waals surface area (Å²) in [6.45, 7) is 4.95. The SMILES string of the molecule is C[C@@H]1CN(S(=O)(=O)c2csc(CN)c2)C[C@H](C)O1. The molecule has 102 valence electrons. The van der Waals surface area contributed by atoms with Crippen LogP contribution < -0.4 is 5.73 Å². The molecule has 0 aromatic carbocycles. The van der Waals surface area contributed by atoms with Crippen LogP contribution in [0.1, 0.15) is 18.7 Å². The standard InChI is InChI=1S/C11H18N2O3S2/c1-8-5-13(6-9(2)16-8)18(14,15)11-3-10(4-12)17-7-11/h3,7-9H,4-6,12H2,1-2H3/t8-,9+. The van der Waals surface area contributed by atoms with Gasteiger partial charge in [-0.25, -0.2) is 8.42 Å². The molecule has 0 radical (unpaired) electrons. The highest BCUT2D eigenvalue weighted by Gasteiger charge is 2.32. The molecule has 1 aromatic rings. The first kappa shape index (κ1) is 14.0. The average molecular weight is 290 g/mol. The summed E-state index contributed by atoms with van der Waals surface area (Å²) in [4.78, 5) is 1.22. The van der Waals surface area contributed by atoms with Crippen LogP contribution in [-0.2, 0) is 21.3 Å². The van der Waals surface area contributed by atoms with Crippen molar-refractivity contribution < 1.29 is 13.2 Å². The van der Waals surface area contributed by atoms with Crippen molar-refractivity contribution in [3.8, 4) is 0 Å². The Balaban J connectivity index is 2.25. The predicted octanol–water partition coefficient (Wildman–Crippen LogP) is 1.00. The molecule has 0 spiro atoms. The van der Waals surface area contributed by atoms with Crippen LogP contribution in [0.4, 0.5) is 0 Å². The predicted molar refractivity (Wildman–Crippen MR) is 71.0 cm³/mol. The lowest BCUT2D eigenvalue weighted by Crippen LogP contribution is -2.47. The minimum Gasteiger partial charge on any atom is -0.373 e. The second-order valence-electron chi connectivity index (χ2n) is 4.53. The number of ether oxygens (including phenoxy) is 1. The number of morpholine rings is 1. The first-order valence-corrected chi connectivity index (χ1v) is 8.18. The first-order valence-electron chi connectivity index (χ1n) is 5.86. The van der Waals surface area contributed by atoms with Crippen molar-refractivity contribution in [1.82, 2.24) is 4.31 Å². The molecule has 2 heterocycles. The minimum absolute atomic E-state index is 0.0730. The van der Waals surface area contributed by atoms with E-state index < -0.39 is 10.0 Å². The van der Waals surface area contributed by atoms with Crippen molar-refractivity contribution in [2.75, 3.05) is 13.1 Å². The Morgan fingerprint density at radius 2 is 2.06 bits per heavy atom. The molecule has 18 heavy (non-hydrogen) atoms. The zero-order valence-corrected chi connectivity index (χ0v) is 12.1. The van der Waals surface area contributed by atoms with E-state index in [-0.39, 0.29) is 12.2 Å². The van der Waals surface area contributed by atoms with E-state index in [9.17, 15) is 8.42 Å². The van der Waals surface area contributed by atoms with Gasteiger partial charge in [0.2, 0.25) is 10.0 Å².